The molecule has 1 fully saturated rings. The molecule has 1 aromatic heterocycles. The van der Waals surface area contributed by atoms with Gasteiger partial charge in [-0.3, -0.25) is 9.48 Å². The Morgan fingerprint density at radius 3 is 2.89 bits per heavy atom. The van der Waals surface area contributed by atoms with Crippen LogP contribution in [0.4, 0.5) is 5.69 Å². The number of methoxy groups -OCH3 is 1. The van der Waals surface area contributed by atoms with Crippen LogP contribution in [0.25, 0.3) is 0 Å². The van der Waals surface area contributed by atoms with Gasteiger partial charge in [0.15, 0.2) is 5.96 Å². The summed E-state index contributed by atoms with van der Waals surface area (Å²) in [6.45, 7) is 4.90. The highest BCUT2D eigenvalue weighted by molar-refractivity contribution is 5.98. The summed E-state index contributed by atoms with van der Waals surface area (Å²) in [6, 6.07) is 7.85. The Hall–Kier alpha value is -3.03. The SMILES string of the molecule is CCNC(=NCc1cccc(OC)c1)N1CCN(c2cnn(C)c2)C(=O)C1. The number of nitrogens with one attached hydrogen (secondary N) is 1. The minimum Gasteiger partial charge on any atom is -0.497 e. The summed E-state index contributed by atoms with van der Waals surface area (Å²) in [5.74, 6) is 1.61. The molecule has 0 unspecified atom stereocenters. The highest BCUT2D eigenvalue weighted by Crippen LogP contribution is 2.17. The number of rotatable bonds is 5. The summed E-state index contributed by atoms with van der Waals surface area (Å²) < 4.78 is 6.97. The van der Waals surface area contributed by atoms with Gasteiger partial charge in [-0.1, -0.05) is 12.1 Å². The molecule has 2 aromatic rings. The zero-order valence-electron chi connectivity index (χ0n) is 16.1. The van der Waals surface area contributed by atoms with Gasteiger partial charge in [-0.2, -0.15) is 5.10 Å². The van der Waals surface area contributed by atoms with Crippen molar-refractivity contribution in [3.63, 3.8) is 0 Å². The van der Waals surface area contributed by atoms with Crippen molar-refractivity contribution < 1.29 is 9.53 Å². The molecule has 1 saturated heterocycles. The molecule has 1 N–H and O–H groups in total. The topological polar surface area (TPSA) is 75.0 Å². The fourth-order valence-corrected chi connectivity index (χ4v) is 3.04. The lowest BCUT2D eigenvalue weighted by atomic mass is 10.2. The van der Waals surface area contributed by atoms with E-state index in [2.05, 4.69) is 10.4 Å². The number of hydrogen-bond acceptors (Lipinski definition) is 4. The van der Waals surface area contributed by atoms with Crippen LogP contribution in [0, 0.1) is 0 Å². The number of aryl methyl sites for hydroxylation is 1. The summed E-state index contributed by atoms with van der Waals surface area (Å²) in [6.07, 6.45) is 3.57. The fraction of sp³-hybridized carbons (Fsp3) is 0.421. The lowest BCUT2D eigenvalue weighted by Gasteiger charge is -2.35. The maximum atomic E-state index is 12.6. The molecular formula is C19H26N6O2. The molecular weight excluding hydrogens is 344 g/mol. The van der Waals surface area contributed by atoms with Crippen LogP contribution in [0.3, 0.4) is 0 Å². The third kappa shape index (κ3) is 4.58. The number of guanidine groups is 1. The van der Waals surface area contributed by atoms with E-state index < -0.39 is 0 Å². The molecule has 144 valence electrons. The van der Waals surface area contributed by atoms with Gasteiger partial charge in [0, 0.05) is 32.9 Å². The minimum absolute atomic E-state index is 0.0428. The van der Waals surface area contributed by atoms with E-state index in [1.54, 1.807) is 22.9 Å². The molecule has 8 nitrogen and oxygen atoms in total. The quantitative estimate of drug-likeness (QED) is 0.633. The molecule has 1 aliphatic rings. The Labute approximate surface area is 159 Å². The highest BCUT2D eigenvalue weighted by Gasteiger charge is 2.27. The number of amides is 1. The van der Waals surface area contributed by atoms with E-state index in [9.17, 15) is 4.79 Å². The average Bonchev–Trinajstić information content (AvgIpc) is 3.11. The van der Waals surface area contributed by atoms with Crippen LogP contribution in [0.2, 0.25) is 0 Å². The van der Waals surface area contributed by atoms with Gasteiger partial charge in [0.05, 0.1) is 25.5 Å². The molecule has 1 aromatic carbocycles. The van der Waals surface area contributed by atoms with Gasteiger partial charge in [-0.05, 0) is 24.6 Å². The second-order valence-corrected chi connectivity index (χ2v) is 6.36. The third-order valence-electron chi connectivity index (χ3n) is 4.40. The van der Waals surface area contributed by atoms with Crippen molar-refractivity contribution in [1.29, 1.82) is 0 Å². The number of piperazine rings is 1. The Kier molecular flexibility index (Phi) is 5.95. The second kappa shape index (κ2) is 8.57. The largest absolute Gasteiger partial charge is 0.497 e. The molecule has 0 atom stereocenters. The van der Waals surface area contributed by atoms with Crippen molar-refractivity contribution in [2.45, 2.75) is 13.5 Å². The smallest absolute Gasteiger partial charge is 0.246 e. The summed E-state index contributed by atoms with van der Waals surface area (Å²) >= 11 is 0. The normalized spacial score (nSPS) is 15.2. The number of ether oxygens (including phenoxy) is 1. The molecule has 8 heteroatoms. The Bertz CT molecular complexity index is 816. The first-order valence-electron chi connectivity index (χ1n) is 9.06. The van der Waals surface area contributed by atoms with Gasteiger partial charge in [0.1, 0.15) is 12.3 Å². The molecule has 3 rings (SSSR count). The van der Waals surface area contributed by atoms with E-state index in [1.807, 2.05) is 49.3 Å². The molecule has 0 radical (unpaired) electrons. The van der Waals surface area contributed by atoms with Gasteiger partial charge in [0.2, 0.25) is 5.91 Å². The number of benzene rings is 1. The Balaban J connectivity index is 1.69. The van der Waals surface area contributed by atoms with Crippen LogP contribution < -0.4 is 15.0 Å². The third-order valence-corrected chi connectivity index (χ3v) is 4.40. The van der Waals surface area contributed by atoms with Crippen molar-refractivity contribution in [3.05, 3.63) is 42.2 Å². The van der Waals surface area contributed by atoms with E-state index in [0.29, 0.717) is 26.2 Å². The fourth-order valence-electron chi connectivity index (χ4n) is 3.04. The number of carbonyl (C=O) groups excluding carboxylic acids is 1. The van der Waals surface area contributed by atoms with Gasteiger partial charge in [-0.15, -0.1) is 0 Å². The Morgan fingerprint density at radius 1 is 1.37 bits per heavy atom. The molecule has 2 heterocycles. The number of anilines is 1. The van der Waals surface area contributed by atoms with Crippen molar-refractivity contribution in [3.8, 4) is 5.75 Å². The van der Waals surface area contributed by atoms with E-state index >= 15 is 0 Å². The summed E-state index contributed by atoms with van der Waals surface area (Å²) in [5.41, 5.74) is 1.89. The van der Waals surface area contributed by atoms with Crippen molar-refractivity contribution in [2.75, 3.05) is 38.2 Å². The van der Waals surface area contributed by atoms with Gasteiger partial charge in [0.25, 0.3) is 0 Å². The lowest BCUT2D eigenvalue weighted by Crippen LogP contribution is -2.55. The molecule has 0 spiro atoms. The zero-order chi connectivity index (χ0) is 19.2. The highest BCUT2D eigenvalue weighted by atomic mass is 16.5. The zero-order valence-corrected chi connectivity index (χ0v) is 16.1. The van der Waals surface area contributed by atoms with Gasteiger partial charge < -0.3 is 19.9 Å². The monoisotopic (exact) mass is 370 g/mol. The van der Waals surface area contributed by atoms with E-state index in [1.165, 1.54) is 0 Å². The van der Waals surface area contributed by atoms with Crippen LogP contribution in [0.5, 0.6) is 5.75 Å². The molecule has 1 amide bonds. The molecule has 27 heavy (non-hydrogen) atoms. The predicted molar refractivity (Wildman–Crippen MR) is 105 cm³/mol. The first kappa shape index (κ1) is 18.8. The van der Waals surface area contributed by atoms with E-state index in [0.717, 1.165) is 29.5 Å². The standard InChI is InChI=1S/C19H26N6O2/c1-4-20-19(21-11-15-6-5-7-17(10-15)27-3)24-8-9-25(18(26)14-24)16-12-22-23(2)13-16/h5-7,10,12-13H,4,8-9,11,14H2,1-3H3,(H,20,21). The van der Waals surface area contributed by atoms with Crippen LogP contribution >= 0.6 is 0 Å². The minimum atomic E-state index is 0.0428. The van der Waals surface area contributed by atoms with Gasteiger partial charge >= 0.3 is 0 Å². The molecule has 1 aliphatic heterocycles. The summed E-state index contributed by atoms with van der Waals surface area (Å²) in [4.78, 5) is 21.1. The van der Waals surface area contributed by atoms with Crippen molar-refractivity contribution in [2.24, 2.45) is 12.0 Å². The second-order valence-electron chi connectivity index (χ2n) is 6.36. The average molecular weight is 370 g/mol. The van der Waals surface area contributed by atoms with Crippen molar-refractivity contribution >= 4 is 17.6 Å². The van der Waals surface area contributed by atoms with Crippen LogP contribution in [0.15, 0.2) is 41.7 Å². The van der Waals surface area contributed by atoms with E-state index in [-0.39, 0.29) is 5.91 Å². The maximum absolute atomic E-state index is 12.6. The number of aromatic nitrogens is 2. The molecule has 0 bridgehead atoms. The number of aliphatic imine (C=N–C) groups is 1. The first-order valence-corrected chi connectivity index (χ1v) is 9.06. The molecule has 0 aliphatic carbocycles. The number of carbonyl (C=O) groups is 1. The maximum Gasteiger partial charge on any atom is 0.246 e. The lowest BCUT2D eigenvalue weighted by molar-refractivity contribution is -0.120. The van der Waals surface area contributed by atoms with Crippen LogP contribution in [-0.2, 0) is 18.4 Å². The van der Waals surface area contributed by atoms with E-state index in [4.69, 9.17) is 9.73 Å². The van der Waals surface area contributed by atoms with Gasteiger partial charge in [-0.25, -0.2) is 4.99 Å². The van der Waals surface area contributed by atoms with Crippen LogP contribution in [-0.4, -0.2) is 59.8 Å². The number of nitrogens with zero attached hydrogens (tertiary/aromatic N) is 5. The summed E-state index contributed by atoms with van der Waals surface area (Å²) in [7, 11) is 3.50. The predicted octanol–water partition coefficient (Wildman–Crippen LogP) is 1.24. The number of hydrogen-bond donors (Lipinski definition) is 1. The Morgan fingerprint density at radius 2 is 2.22 bits per heavy atom. The molecule has 0 saturated carbocycles. The first-order chi connectivity index (χ1) is 13.1. The van der Waals surface area contributed by atoms with Crippen LogP contribution in [0.1, 0.15) is 12.5 Å². The summed E-state index contributed by atoms with van der Waals surface area (Å²) in [5, 5.41) is 7.44. The van der Waals surface area contributed by atoms with Crippen molar-refractivity contribution in [1.82, 2.24) is 20.0 Å².